The van der Waals surface area contributed by atoms with Gasteiger partial charge in [-0.1, -0.05) is 82.6 Å². The van der Waals surface area contributed by atoms with Crippen LogP contribution in [0.25, 0.3) is 10.9 Å². The molecule has 304 valence electrons. The Morgan fingerprint density at radius 3 is 1.91 bits per heavy atom. The predicted molar refractivity (Wildman–Crippen MR) is 209 cm³/mol. The second-order valence-corrected chi connectivity index (χ2v) is 14.5. The topological polar surface area (TPSA) is 262 Å². The monoisotopic (exact) mass is 777 g/mol. The number of nitrogens with two attached hydrogens (primary N) is 1. The molecule has 0 aliphatic carbocycles. The first kappa shape index (κ1) is 44.6. The van der Waals surface area contributed by atoms with Gasteiger partial charge in [0, 0.05) is 36.4 Å². The number of carbonyl (C=O) groups excluding carboxylic acids is 5. The Bertz CT molecular complexity index is 1830. The number of carboxylic acid groups (broad SMARTS) is 2. The zero-order chi connectivity index (χ0) is 41.5. The third kappa shape index (κ3) is 13.5. The number of carboxylic acids is 2. The molecule has 0 radical (unpaired) electrons. The van der Waals surface area contributed by atoms with Gasteiger partial charge in [0.25, 0.3) is 0 Å². The number of amides is 5. The number of hydrogen-bond donors (Lipinski definition) is 9. The second-order valence-electron chi connectivity index (χ2n) is 14.5. The molecule has 16 heteroatoms. The maximum absolute atomic E-state index is 13.8. The van der Waals surface area contributed by atoms with Crippen LogP contribution in [0.5, 0.6) is 0 Å². The second kappa shape index (κ2) is 21.4. The van der Waals surface area contributed by atoms with Crippen molar-refractivity contribution in [2.75, 3.05) is 0 Å². The first-order chi connectivity index (χ1) is 26.5. The highest BCUT2D eigenvalue weighted by Gasteiger charge is 2.34. The Hall–Kier alpha value is -5.77. The zero-order valence-electron chi connectivity index (χ0n) is 32.5. The molecule has 0 saturated heterocycles. The van der Waals surface area contributed by atoms with E-state index in [1.165, 1.54) is 6.92 Å². The van der Waals surface area contributed by atoms with Crippen LogP contribution in [-0.2, 0) is 46.4 Å². The summed E-state index contributed by atoms with van der Waals surface area (Å²) in [4.78, 5) is 93.9. The van der Waals surface area contributed by atoms with E-state index in [0.29, 0.717) is 17.5 Å². The molecule has 5 amide bonds. The lowest BCUT2D eigenvalue weighted by atomic mass is 9.96. The summed E-state index contributed by atoms with van der Waals surface area (Å²) in [7, 11) is 0. The van der Waals surface area contributed by atoms with Gasteiger partial charge in [-0.25, -0.2) is 4.79 Å². The average molecular weight is 778 g/mol. The van der Waals surface area contributed by atoms with Crippen LogP contribution in [0, 0.1) is 11.8 Å². The van der Waals surface area contributed by atoms with E-state index in [0.717, 1.165) is 10.9 Å². The van der Waals surface area contributed by atoms with E-state index in [4.69, 9.17) is 10.8 Å². The van der Waals surface area contributed by atoms with Crippen molar-refractivity contribution in [2.45, 2.75) is 109 Å². The van der Waals surface area contributed by atoms with Crippen molar-refractivity contribution < 1.29 is 43.8 Å². The normalized spacial score (nSPS) is 15.0. The van der Waals surface area contributed by atoms with Gasteiger partial charge >= 0.3 is 11.9 Å². The lowest BCUT2D eigenvalue weighted by Gasteiger charge is -2.28. The average Bonchev–Trinajstić information content (AvgIpc) is 3.57. The largest absolute Gasteiger partial charge is 0.481 e. The Morgan fingerprint density at radius 2 is 1.29 bits per heavy atom. The quantitative estimate of drug-likeness (QED) is 0.0714. The van der Waals surface area contributed by atoms with E-state index in [-0.39, 0.29) is 38.0 Å². The summed E-state index contributed by atoms with van der Waals surface area (Å²) < 4.78 is 0. The van der Waals surface area contributed by atoms with Gasteiger partial charge in [-0.15, -0.1) is 0 Å². The van der Waals surface area contributed by atoms with E-state index in [1.54, 1.807) is 43.5 Å². The highest BCUT2D eigenvalue weighted by Crippen LogP contribution is 2.20. The van der Waals surface area contributed by atoms with Gasteiger partial charge in [-0.05, 0) is 48.8 Å². The molecule has 0 aliphatic heterocycles. The van der Waals surface area contributed by atoms with Crippen molar-refractivity contribution in [1.29, 1.82) is 0 Å². The summed E-state index contributed by atoms with van der Waals surface area (Å²) in [5.41, 5.74) is 8.13. The van der Waals surface area contributed by atoms with Gasteiger partial charge in [0.05, 0.1) is 6.04 Å². The van der Waals surface area contributed by atoms with Crippen molar-refractivity contribution in [2.24, 2.45) is 17.6 Å². The fraction of sp³-hybridized carbons (Fsp3) is 0.475. The summed E-state index contributed by atoms with van der Waals surface area (Å²) in [5.74, 6) is -6.39. The van der Waals surface area contributed by atoms with Crippen molar-refractivity contribution in [3.8, 4) is 0 Å². The van der Waals surface area contributed by atoms with Crippen LogP contribution in [0.3, 0.4) is 0 Å². The number of aromatic amines is 1. The first-order valence-electron chi connectivity index (χ1n) is 18.8. The van der Waals surface area contributed by atoms with Crippen LogP contribution in [0.4, 0.5) is 0 Å². The molecule has 1 aromatic heterocycles. The molecule has 0 fully saturated rings. The zero-order valence-corrected chi connectivity index (χ0v) is 32.5. The fourth-order valence-corrected chi connectivity index (χ4v) is 6.06. The molecule has 1 heterocycles. The van der Waals surface area contributed by atoms with E-state index >= 15 is 0 Å². The Labute approximate surface area is 326 Å². The number of fused-ring (bicyclic) bond motifs is 1. The Morgan fingerprint density at radius 1 is 0.696 bits per heavy atom. The number of carbonyl (C=O) groups is 7. The number of hydrogen-bond acceptors (Lipinski definition) is 8. The third-order valence-corrected chi connectivity index (χ3v) is 9.52. The summed E-state index contributed by atoms with van der Waals surface area (Å²) in [5, 5.41) is 32.8. The first-order valence-corrected chi connectivity index (χ1v) is 18.8. The van der Waals surface area contributed by atoms with E-state index in [2.05, 4.69) is 31.6 Å². The van der Waals surface area contributed by atoms with Crippen LogP contribution in [-0.4, -0.2) is 92.9 Å². The van der Waals surface area contributed by atoms with Crippen LogP contribution in [0.2, 0.25) is 0 Å². The molecule has 0 unspecified atom stereocenters. The number of benzene rings is 2. The van der Waals surface area contributed by atoms with Gasteiger partial charge in [0.15, 0.2) is 0 Å². The number of rotatable bonds is 22. The summed E-state index contributed by atoms with van der Waals surface area (Å²) in [6.45, 7) is 8.62. The van der Waals surface area contributed by atoms with Crippen LogP contribution >= 0.6 is 0 Å². The number of nitrogens with one attached hydrogen (secondary N) is 6. The summed E-state index contributed by atoms with van der Waals surface area (Å²) >= 11 is 0. The molecule has 0 aliphatic rings. The molecule has 0 bridgehead atoms. The molecule has 16 nitrogen and oxygen atoms in total. The minimum Gasteiger partial charge on any atom is -0.481 e. The lowest BCUT2D eigenvalue weighted by molar-refractivity contribution is -0.143. The Balaban J connectivity index is 1.80. The standard InChI is InChI=1S/C40H55N7O9/c1-6-23(4)34(47-38(53)30(19-25-12-8-7-9-13-25)45-36(51)28(41)16-17-33(48)49)39(54)43-24(5)35(50)44-31(37(52)46-32(40(55)56)18-22(2)3)20-26-21-42-29-15-11-10-14-27(26)29/h7-15,21-24,28,30-32,34,42H,6,16-20,41H2,1-5H3,(H,43,54)(H,44,50)(H,45,51)(H,46,52)(H,47,53)(H,48,49)(H,55,56)/t23-,24-,28-,30-,31-,32-,34-/m0/s1. The maximum Gasteiger partial charge on any atom is 0.326 e. The third-order valence-electron chi connectivity index (χ3n) is 9.52. The molecule has 3 rings (SSSR count). The maximum atomic E-state index is 13.8. The molecule has 0 spiro atoms. The van der Waals surface area contributed by atoms with Crippen molar-refractivity contribution >= 4 is 52.4 Å². The minimum atomic E-state index is -1.22. The minimum absolute atomic E-state index is 0.0102. The van der Waals surface area contributed by atoms with Gasteiger partial charge in [-0.2, -0.15) is 0 Å². The molecule has 3 aromatic rings. The highest BCUT2D eigenvalue weighted by molar-refractivity contribution is 5.97. The smallest absolute Gasteiger partial charge is 0.326 e. The molecular formula is C40H55N7O9. The number of H-pyrrole nitrogens is 1. The molecular weight excluding hydrogens is 722 g/mol. The molecule has 0 saturated carbocycles. The Kier molecular flexibility index (Phi) is 17.0. The van der Waals surface area contributed by atoms with Crippen molar-refractivity contribution in [3.05, 3.63) is 71.9 Å². The number of aliphatic carboxylic acids is 2. The molecule has 7 atom stereocenters. The van der Waals surface area contributed by atoms with Crippen LogP contribution in [0.15, 0.2) is 60.8 Å². The van der Waals surface area contributed by atoms with Gasteiger partial charge < -0.3 is 47.5 Å². The predicted octanol–water partition coefficient (Wildman–Crippen LogP) is 1.77. The molecule has 56 heavy (non-hydrogen) atoms. The van der Waals surface area contributed by atoms with Gasteiger partial charge in [0.2, 0.25) is 29.5 Å². The van der Waals surface area contributed by atoms with E-state index in [1.807, 2.05) is 45.0 Å². The lowest BCUT2D eigenvalue weighted by Crippen LogP contribution is -2.60. The number of aromatic nitrogens is 1. The van der Waals surface area contributed by atoms with Crippen LogP contribution in [0.1, 0.15) is 71.4 Å². The highest BCUT2D eigenvalue weighted by atomic mass is 16.4. The van der Waals surface area contributed by atoms with Gasteiger partial charge in [0.1, 0.15) is 30.2 Å². The van der Waals surface area contributed by atoms with Crippen molar-refractivity contribution in [1.82, 2.24) is 31.6 Å². The van der Waals surface area contributed by atoms with Crippen LogP contribution < -0.4 is 32.3 Å². The van der Waals surface area contributed by atoms with Gasteiger partial charge in [-0.3, -0.25) is 28.8 Å². The fourth-order valence-electron chi connectivity index (χ4n) is 6.06. The van der Waals surface area contributed by atoms with Crippen molar-refractivity contribution in [3.63, 3.8) is 0 Å². The van der Waals surface area contributed by atoms with E-state index in [9.17, 15) is 38.7 Å². The molecule has 2 aromatic carbocycles. The summed E-state index contributed by atoms with van der Waals surface area (Å²) in [6, 6.07) is 9.05. The van der Waals surface area contributed by atoms with E-state index < -0.39 is 83.6 Å². The number of para-hydroxylation sites is 1. The summed E-state index contributed by atoms with van der Waals surface area (Å²) in [6.07, 6.45) is 1.87. The SMILES string of the molecule is CC[C@H](C)[C@H](NC(=O)[C@H](Cc1ccccc1)NC(=O)[C@@H](N)CCC(=O)O)C(=O)N[C@@H](C)C(=O)N[C@@H](Cc1c[nH]c2ccccc12)C(=O)N[C@@H](CC(C)C)C(=O)O. The molecule has 10 N–H and O–H groups in total.